The van der Waals surface area contributed by atoms with Crippen LogP contribution in [0.15, 0.2) is 12.7 Å². The van der Waals surface area contributed by atoms with Gasteiger partial charge in [-0.15, -0.1) is 0 Å². The molecule has 0 aliphatic heterocycles. The molecule has 0 aliphatic carbocycles. The molecule has 0 saturated heterocycles. The molecule has 64 valence electrons. The Hall–Kier alpha value is -0.640. The molecular formula is C5H10NO4P. The molecule has 0 fully saturated rings. The van der Waals surface area contributed by atoms with Gasteiger partial charge in [-0.05, 0) is 6.08 Å². The predicted octanol–water partition coefficient (Wildman–Crippen LogP) is 0.690. The Morgan fingerprint density at radius 3 is 2.64 bits per heavy atom. The first kappa shape index (κ1) is 10.4. The molecule has 0 aromatic carbocycles. The van der Waals surface area contributed by atoms with Crippen LogP contribution in [0.1, 0.15) is 0 Å². The molecule has 0 aliphatic rings. The summed E-state index contributed by atoms with van der Waals surface area (Å²) in [5, 5.41) is 0. The van der Waals surface area contributed by atoms with Crippen molar-refractivity contribution in [2.45, 2.75) is 0 Å². The lowest BCUT2D eigenvalue weighted by Crippen LogP contribution is -2.19. The van der Waals surface area contributed by atoms with Crippen molar-refractivity contribution in [1.29, 1.82) is 0 Å². The maximum Gasteiger partial charge on any atom is 0.348 e. The molecule has 1 atom stereocenters. The highest BCUT2D eigenvalue weighted by Crippen LogP contribution is 2.40. The van der Waals surface area contributed by atoms with Crippen molar-refractivity contribution in [3.63, 3.8) is 0 Å². The number of carbonyl (C=O) groups is 1. The van der Waals surface area contributed by atoms with Gasteiger partial charge in [0.05, 0.1) is 0 Å². The zero-order valence-corrected chi connectivity index (χ0v) is 7.26. The van der Waals surface area contributed by atoms with Crippen molar-refractivity contribution in [3.05, 3.63) is 12.7 Å². The van der Waals surface area contributed by atoms with Crippen LogP contribution >= 0.6 is 7.60 Å². The first-order valence-corrected chi connectivity index (χ1v) is 4.75. The van der Waals surface area contributed by atoms with E-state index in [2.05, 4.69) is 15.7 Å². The second kappa shape index (κ2) is 4.28. The molecule has 0 bridgehead atoms. The molecule has 0 aromatic heterocycles. The van der Waals surface area contributed by atoms with E-state index in [1.807, 2.05) is 5.48 Å². The van der Waals surface area contributed by atoms with E-state index in [4.69, 9.17) is 0 Å². The Kier molecular flexibility index (Phi) is 4.03. The topological polar surface area (TPSA) is 64.6 Å². The minimum atomic E-state index is -3.12. The van der Waals surface area contributed by atoms with Crippen LogP contribution in [0.25, 0.3) is 0 Å². The molecule has 1 amide bonds. The number of hydrogen-bond acceptors (Lipinski definition) is 4. The number of hydrogen-bond donors (Lipinski definition) is 1. The summed E-state index contributed by atoms with van der Waals surface area (Å²) in [6.07, 6.45) is 0.996. The van der Waals surface area contributed by atoms with Crippen LogP contribution in [0.3, 0.4) is 0 Å². The Balaban J connectivity index is 3.79. The fraction of sp³-hybridized carbons (Fsp3) is 0.400. The standard InChI is InChI=1S/C5H10NO4P/c1-4-5(7)6-10-11(3,8)9-2/h4H,1H2,2-3H3,(H,6,7). The van der Waals surface area contributed by atoms with Gasteiger partial charge in [0.15, 0.2) is 0 Å². The molecule has 0 radical (unpaired) electrons. The van der Waals surface area contributed by atoms with Crippen molar-refractivity contribution in [3.8, 4) is 0 Å². The number of rotatable bonds is 4. The summed E-state index contributed by atoms with van der Waals surface area (Å²) < 4.78 is 19.7. The van der Waals surface area contributed by atoms with E-state index in [1.165, 1.54) is 13.8 Å². The quantitative estimate of drug-likeness (QED) is 0.391. The monoisotopic (exact) mass is 179 g/mol. The smallest absolute Gasteiger partial charge is 0.311 e. The van der Waals surface area contributed by atoms with Crippen LogP contribution in [0, 0.1) is 0 Å². The third-order valence-corrected chi connectivity index (χ3v) is 1.92. The fourth-order valence-corrected chi connectivity index (χ4v) is 0.537. The number of carbonyl (C=O) groups excluding carboxylic acids is 1. The van der Waals surface area contributed by atoms with Gasteiger partial charge >= 0.3 is 7.60 Å². The van der Waals surface area contributed by atoms with Gasteiger partial charge in [0, 0.05) is 13.8 Å². The molecule has 0 heterocycles. The number of nitrogens with one attached hydrogen (secondary N) is 1. The zero-order valence-electron chi connectivity index (χ0n) is 6.36. The Morgan fingerprint density at radius 1 is 1.73 bits per heavy atom. The third kappa shape index (κ3) is 4.72. The SMILES string of the molecule is C=CC(=O)NOP(C)(=O)OC. The molecule has 0 saturated carbocycles. The van der Waals surface area contributed by atoms with Gasteiger partial charge in [-0.2, -0.15) is 4.62 Å². The van der Waals surface area contributed by atoms with E-state index >= 15 is 0 Å². The second-order valence-electron chi connectivity index (χ2n) is 1.72. The Bertz CT molecular complexity index is 203. The first-order valence-electron chi connectivity index (χ1n) is 2.76. The van der Waals surface area contributed by atoms with Crippen LogP contribution in [0.2, 0.25) is 0 Å². The van der Waals surface area contributed by atoms with Crippen molar-refractivity contribution in [2.75, 3.05) is 13.8 Å². The van der Waals surface area contributed by atoms with Gasteiger partial charge in [-0.25, -0.2) is 5.48 Å². The highest BCUT2D eigenvalue weighted by Gasteiger charge is 2.15. The molecule has 5 nitrogen and oxygen atoms in total. The number of hydroxylamine groups is 1. The predicted molar refractivity (Wildman–Crippen MR) is 40.0 cm³/mol. The van der Waals surface area contributed by atoms with Crippen LogP contribution < -0.4 is 5.48 Å². The van der Waals surface area contributed by atoms with E-state index in [0.29, 0.717) is 0 Å². The lowest BCUT2D eigenvalue weighted by Gasteiger charge is -2.09. The summed E-state index contributed by atoms with van der Waals surface area (Å²) in [5.41, 5.74) is 1.88. The summed E-state index contributed by atoms with van der Waals surface area (Å²) >= 11 is 0. The van der Waals surface area contributed by atoms with E-state index in [-0.39, 0.29) is 0 Å². The highest BCUT2D eigenvalue weighted by atomic mass is 31.2. The zero-order chi connectivity index (χ0) is 8.91. The molecule has 0 rings (SSSR count). The van der Waals surface area contributed by atoms with Gasteiger partial charge in [0.1, 0.15) is 0 Å². The number of amides is 1. The third-order valence-electron chi connectivity index (χ3n) is 0.829. The molecule has 6 heteroatoms. The Labute approximate surface area is 64.9 Å². The summed E-state index contributed by atoms with van der Waals surface area (Å²) in [5.74, 6) is -0.566. The largest absolute Gasteiger partial charge is 0.348 e. The van der Waals surface area contributed by atoms with Gasteiger partial charge in [0.25, 0.3) is 5.91 Å². The van der Waals surface area contributed by atoms with E-state index in [9.17, 15) is 9.36 Å². The molecule has 1 N–H and O–H groups in total. The van der Waals surface area contributed by atoms with Crippen molar-refractivity contribution >= 4 is 13.5 Å². The molecule has 0 spiro atoms. The minimum Gasteiger partial charge on any atom is -0.311 e. The van der Waals surface area contributed by atoms with Crippen molar-refractivity contribution in [1.82, 2.24) is 5.48 Å². The van der Waals surface area contributed by atoms with E-state index in [0.717, 1.165) is 6.08 Å². The van der Waals surface area contributed by atoms with Crippen LogP contribution in [-0.2, 0) is 18.5 Å². The average molecular weight is 179 g/mol. The first-order chi connectivity index (χ1) is 5.02. The average Bonchev–Trinajstić information content (AvgIpc) is 2.00. The van der Waals surface area contributed by atoms with E-state index in [1.54, 1.807) is 0 Å². The summed E-state index contributed by atoms with van der Waals surface area (Å²) in [6, 6.07) is 0. The summed E-state index contributed by atoms with van der Waals surface area (Å²) in [4.78, 5) is 10.4. The maximum atomic E-state index is 10.9. The molecule has 0 aromatic rings. The van der Waals surface area contributed by atoms with Gasteiger partial charge in [-0.1, -0.05) is 6.58 Å². The lowest BCUT2D eigenvalue weighted by molar-refractivity contribution is -0.123. The van der Waals surface area contributed by atoms with Crippen molar-refractivity contribution < 1.29 is 18.5 Å². The summed E-state index contributed by atoms with van der Waals surface area (Å²) in [6.45, 7) is 4.40. The Morgan fingerprint density at radius 2 is 2.27 bits per heavy atom. The summed E-state index contributed by atoms with van der Waals surface area (Å²) in [7, 11) is -1.90. The van der Waals surface area contributed by atoms with Crippen LogP contribution in [0.4, 0.5) is 0 Å². The van der Waals surface area contributed by atoms with E-state index < -0.39 is 13.5 Å². The second-order valence-corrected chi connectivity index (χ2v) is 3.81. The van der Waals surface area contributed by atoms with Crippen LogP contribution in [0.5, 0.6) is 0 Å². The highest BCUT2D eigenvalue weighted by molar-refractivity contribution is 7.52. The molecular weight excluding hydrogens is 169 g/mol. The minimum absolute atomic E-state index is 0.566. The molecule has 1 unspecified atom stereocenters. The molecule has 11 heavy (non-hydrogen) atoms. The fourth-order valence-electron chi connectivity index (χ4n) is 0.207. The lowest BCUT2D eigenvalue weighted by atomic mass is 10.6. The normalized spacial score (nSPS) is 15.1. The van der Waals surface area contributed by atoms with Crippen LogP contribution in [-0.4, -0.2) is 19.7 Å². The van der Waals surface area contributed by atoms with Gasteiger partial charge < -0.3 is 4.52 Å². The van der Waals surface area contributed by atoms with Crippen molar-refractivity contribution in [2.24, 2.45) is 0 Å². The van der Waals surface area contributed by atoms with Gasteiger partial charge in [-0.3, -0.25) is 9.36 Å². The maximum absolute atomic E-state index is 10.9. The van der Waals surface area contributed by atoms with Gasteiger partial charge in [0.2, 0.25) is 0 Å².